The lowest BCUT2D eigenvalue weighted by molar-refractivity contribution is -0.0342. The second kappa shape index (κ2) is 2.61. The average Bonchev–Trinajstić information content (AvgIpc) is 2.76. The Kier molecular flexibility index (Phi) is 1.71. The Balaban J connectivity index is 2.26. The van der Waals surface area contributed by atoms with Gasteiger partial charge in [0.1, 0.15) is 5.69 Å². The molecule has 1 aromatic rings. The summed E-state index contributed by atoms with van der Waals surface area (Å²) in [7, 11) is 0. The van der Waals surface area contributed by atoms with E-state index in [4.69, 9.17) is 11.6 Å². The van der Waals surface area contributed by atoms with E-state index in [0.717, 1.165) is 0 Å². The molecule has 2 aliphatic carbocycles. The van der Waals surface area contributed by atoms with Crippen molar-refractivity contribution in [1.29, 1.82) is 0 Å². The van der Waals surface area contributed by atoms with E-state index in [1.54, 1.807) is 0 Å². The Hall–Kier alpha value is -0.640. The van der Waals surface area contributed by atoms with Crippen molar-refractivity contribution in [2.45, 2.75) is 44.6 Å². The normalized spacial score (nSPS) is 30.1. The summed E-state index contributed by atoms with van der Waals surface area (Å²) in [6.07, 6.45) is 0.551. The Morgan fingerprint density at radius 3 is 2.62 bits per heavy atom. The number of hydrogen-bond donors (Lipinski definition) is 0. The van der Waals surface area contributed by atoms with E-state index in [1.165, 1.54) is 4.68 Å². The van der Waals surface area contributed by atoms with Crippen LogP contribution in [0.5, 0.6) is 0 Å². The third-order valence-electron chi connectivity index (χ3n) is 3.46. The quantitative estimate of drug-likeness (QED) is 0.685. The topological polar surface area (TPSA) is 17.8 Å². The fourth-order valence-electron chi connectivity index (χ4n) is 2.63. The van der Waals surface area contributed by atoms with Gasteiger partial charge in [-0.3, -0.25) is 4.68 Å². The van der Waals surface area contributed by atoms with E-state index >= 15 is 0 Å². The molecule has 1 heterocycles. The highest BCUT2D eigenvalue weighted by molar-refractivity contribution is 6.30. The third kappa shape index (κ3) is 1.09. The maximum absolute atomic E-state index is 14.1. The lowest BCUT2D eigenvalue weighted by Crippen LogP contribution is -2.30. The van der Waals surface area contributed by atoms with Gasteiger partial charge in [0, 0.05) is 11.5 Å². The van der Waals surface area contributed by atoms with Crippen molar-refractivity contribution in [1.82, 2.24) is 9.78 Å². The summed E-state index contributed by atoms with van der Waals surface area (Å²) >= 11 is 5.98. The van der Waals surface area contributed by atoms with Crippen LogP contribution in [-0.4, -0.2) is 9.78 Å². The highest BCUT2D eigenvalue weighted by Crippen LogP contribution is 2.68. The lowest BCUT2D eigenvalue weighted by Gasteiger charge is -2.25. The van der Waals surface area contributed by atoms with Gasteiger partial charge >= 0.3 is 0 Å². The van der Waals surface area contributed by atoms with Gasteiger partial charge in [0.15, 0.2) is 5.15 Å². The van der Waals surface area contributed by atoms with Crippen LogP contribution in [0.2, 0.25) is 5.15 Å². The zero-order valence-corrected chi connectivity index (χ0v) is 10.1. The fourth-order valence-corrected chi connectivity index (χ4v) is 2.93. The Morgan fingerprint density at radius 2 is 2.06 bits per heavy atom. The molecular weight excluding hydrogens is 234 g/mol. The van der Waals surface area contributed by atoms with Crippen molar-refractivity contribution >= 4 is 11.6 Å². The molecule has 0 aromatic carbocycles. The SMILES string of the molecule is CC(C)(C)n1nc(Cl)c2c1C(F)(F)[C@@H]1C[C@H]21. The molecule has 0 aliphatic heterocycles. The van der Waals surface area contributed by atoms with Crippen molar-refractivity contribution in [3.63, 3.8) is 0 Å². The summed E-state index contributed by atoms with van der Waals surface area (Å²) in [6.45, 7) is 5.57. The molecule has 0 radical (unpaired) electrons. The van der Waals surface area contributed by atoms with Crippen molar-refractivity contribution < 1.29 is 8.78 Å². The molecule has 3 rings (SSSR count). The summed E-state index contributed by atoms with van der Waals surface area (Å²) in [4.78, 5) is 0. The molecule has 0 saturated heterocycles. The third-order valence-corrected chi connectivity index (χ3v) is 3.73. The zero-order valence-electron chi connectivity index (χ0n) is 9.39. The molecule has 2 atom stereocenters. The number of nitrogens with zero attached hydrogens (tertiary/aromatic N) is 2. The van der Waals surface area contributed by atoms with Crippen LogP contribution in [0.25, 0.3) is 0 Å². The first-order valence-electron chi connectivity index (χ1n) is 5.41. The van der Waals surface area contributed by atoms with E-state index in [-0.39, 0.29) is 16.8 Å². The number of aromatic nitrogens is 2. The fraction of sp³-hybridized carbons (Fsp3) is 0.727. The van der Waals surface area contributed by atoms with Crippen molar-refractivity contribution in [3.05, 3.63) is 16.4 Å². The second-order valence-electron chi connectivity index (χ2n) is 5.71. The van der Waals surface area contributed by atoms with Gasteiger partial charge in [-0.15, -0.1) is 0 Å². The first-order valence-corrected chi connectivity index (χ1v) is 5.79. The van der Waals surface area contributed by atoms with Crippen LogP contribution in [0.1, 0.15) is 44.4 Å². The minimum absolute atomic E-state index is 0.0475. The summed E-state index contributed by atoms with van der Waals surface area (Å²) in [5.74, 6) is -3.35. The first kappa shape index (κ1) is 10.5. The molecule has 0 spiro atoms. The molecule has 0 N–H and O–H groups in total. The van der Waals surface area contributed by atoms with Gasteiger partial charge in [0.2, 0.25) is 0 Å². The Labute approximate surface area is 97.6 Å². The predicted octanol–water partition coefficient (Wildman–Crippen LogP) is 3.50. The van der Waals surface area contributed by atoms with Crippen LogP contribution >= 0.6 is 11.6 Å². The molecule has 2 aliphatic rings. The molecule has 0 unspecified atom stereocenters. The maximum Gasteiger partial charge on any atom is 0.293 e. The highest BCUT2D eigenvalue weighted by atomic mass is 35.5. The van der Waals surface area contributed by atoms with Gasteiger partial charge in [-0.1, -0.05) is 11.6 Å². The molecular formula is C11H13ClF2N2. The van der Waals surface area contributed by atoms with Crippen LogP contribution in [0.3, 0.4) is 0 Å². The summed E-state index contributed by atoms with van der Waals surface area (Å²) in [5, 5.41) is 4.34. The van der Waals surface area contributed by atoms with Crippen LogP contribution in [0.15, 0.2) is 0 Å². The Morgan fingerprint density at radius 1 is 1.44 bits per heavy atom. The molecule has 0 amide bonds. The number of fused-ring (bicyclic) bond motifs is 3. The van der Waals surface area contributed by atoms with Crippen LogP contribution < -0.4 is 0 Å². The van der Waals surface area contributed by atoms with Gasteiger partial charge < -0.3 is 0 Å². The van der Waals surface area contributed by atoms with Gasteiger partial charge in [-0.25, -0.2) is 0 Å². The molecule has 88 valence electrons. The van der Waals surface area contributed by atoms with Gasteiger partial charge in [0.25, 0.3) is 5.92 Å². The smallest absolute Gasteiger partial charge is 0.256 e. The molecule has 1 aromatic heterocycles. The van der Waals surface area contributed by atoms with Crippen molar-refractivity contribution in [2.24, 2.45) is 5.92 Å². The number of rotatable bonds is 0. The maximum atomic E-state index is 14.1. The van der Waals surface area contributed by atoms with Crippen LogP contribution in [0, 0.1) is 5.92 Å². The second-order valence-corrected chi connectivity index (χ2v) is 6.07. The van der Waals surface area contributed by atoms with Crippen LogP contribution in [-0.2, 0) is 11.5 Å². The Bertz CT molecular complexity index is 473. The monoisotopic (exact) mass is 246 g/mol. The van der Waals surface area contributed by atoms with Gasteiger partial charge in [-0.2, -0.15) is 13.9 Å². The minimum atomic E-state index is -2.76. The molecule has 16 heavy (non-hydrogen) atoms. The molecule has 1 saturated carbocycles. The molecule has 0 bridgehead atoms. The lowest BCUT2D eigenvalue weighted by atomic mass is 10.1. The largest absolute Gasteiger partial charge is 0.293 e. The van der Waals surface area contributed by atoms with E-state index < -0.39 is 17.4 Å². The van der Waals surface area contributed by atoms with Crippen molar-refractivity contribution in [2.75, 3.05) is 0 Å². The number of hydrogen-bond acceptors (Lipinski definition) is 1. The highest BCUT2D eigenvalue weighted by Gasteiger charge is 2.67. The first-order chi connectivity index (χ1) is 7.24. The predicted molar refractivity (Wildman–Crippen MR) is 57.0 cm³/mol. The van der Waals surface area contributed by atoms with E-state index in [0.29, 0.717) is 12.0 Å². The summed E-state index contributed by atoms with van der Waals surface area (Å²) in [5.41, 5.74) is 0.176. The number of halogens is 3. The van der Waals surface area contributed by atoms with Crippen LogP contribution in [0.4, 0.5) is 8.78 Å². The minimum Gasteiger partial charge on any atom is -0.256 e. The number of alkyl halides is 2. The molecule has 2 nitrogen and oxygen atoms in total. The van der Waals surface area contributed by atoms with Gasteiger partial charge in [0.05, 0.1) is 5.54 Å². The van der Waals surface area contributed by atoms with Crippen molar-refractivity contribution in [3.8, 4) is 0 Å². The summed E-state index contributed by atoms with van der Waals surface area (Å²) < 4.78 is 29.5. The molecule has 1 fully saturated rings. The summed E-state index contributed by atoms with van der Waals surface area (Å²) in [6, 6.07) is 0. The van der Waals surface area contributed by atoms with E-state index in [2.05, 4.69) is 5.10 Å². The zero-order chi connectivity index (χ0) is 11.9. The standard InChI is InChI=1S/C11H13ClF2N2/c1-10(2,3)16-8-7(9(12)15-16)5-4-6(5)11(8,13)14/h5-6H,4H2,1-3H3/t5-,6+/m0/s1. The molecule has 5 heteroatoms. The van der Waals surface area contributed by atoms with E-state index in [9.17, 15) is 8.78 Å². The van der Waals surface area contributed by atoms with Gasteiger partial charge in [-0.05, 0) is 33.1 Å². The van der Waals surface area contributed by atoms with E-state index in [1.807, 2.05) is 20.8 Å². The average molecular weight is 247 g/mol.